The summed E-state index contributed by atoms with van der Waals surface area (Å²) in [6, 6.07) is 19.1. The van der Waals surface area contributed by atoms with Crippen LogP contribution < -0.4 is 5.32 Å². The number of benzene rings is 2. The molecule has 1 heterocycles. The first kappa shape index (κ1) is 15.9. The summed E-state index contributed by atoms with van der Waals surface area (Å²) in [6.45, 7) is 2.02. The zero-order valence-corrected chi connectivity index (χ0v) is 13.9. The van der Waals surface area contributed by atoms with Gasteiger partial charge in [0.2, 0.25) is 5.91 Å². The Balaban J connectivity index is 1.80. The summed E-state index contributed by atoms with van der Waals surface area (Å²) in [6.07, 6.45) is 0. The Bertz CT molecular complexity index is 879. The van der Waals surface area contributed by atoms with E-state index in [9.17, 15) is 10.1 Å². The minimum atomic E-state index is -0.922. The molecule has 1 N–H and O–H groups in total. The van der Waals surface area contributed by atoms with Gasteiger partial charge in [-0.2, -0.15) is 5.26 Å². The minimum absolute atomic E-state index is 0.367. The van der Waals surface area contributed by atoms with Crippen LogP contribution in [0, 0.1) is 18.3 Å². The van der Waals surface area contributed by atoms with Crippen LogP contribution in [0.15, 0.2) is 60.0 Å². The second-order valence-electron chi connectivity index (χ2n) is 5.35. The van der Waals surface area contributed by atoms with E-state index in [1.807, 2.05) is 60.8 Å². The van der Waals surface area contributed by atoms with Crippen molar-refractivity contribution in [2.75, 3.05) is 5.32 Å². The zero-order valence-electron chi connectivity index (χ0n) is 13.1. The van der Waals surface area contributed by atoms with Crippen LogP contribution in [0.1, 0.15) is 16.5 Å². The molecule has 3 rings (SSSR count). The van der Waals surface area contributed by atoms with Crippen LogP contribution in [0.3, 0.4) is 0 Å². The molecule has 0 radical (unpaired) electrons. The maximum absolute atomic E-state index is 12.4. The Morgan fingerprint density at radius 2 is 1.88 bits per heavy atom. The fourth-order valence-electron chi connectivity index (χ4n) is 2.24. The molecule has 2 aromatic carbocycles. The molecule has 0 bridgehead atoms. The fourth-order valence-corrected chi connectivity index (χ4v) is 3.11. The number of para-hydroxylation sites is 1. The third-order valence-corrected chi connectivity index (χ3v) is 4.46. The molecule has 24 heavy (non-hydrogen) atoms. The molecule has 1 amide bonds. The van der Waals surface area contributed by atoms with Crippen LogP contribution in [0.5, 0.6) is 0 Å². The highest BCUT2D eigenvalue weighted by Gasteiger charge is 2.24. The summed E-state index contributed by atoms with van der Waals surface area (Å²) in [5.41, 5.74) is 3.59. The Labute approximate surface area is 144 Å². The second kappa shape index (κ2) is 7.07. The van der Waals surface area contributed by atoms with Crippen molar-refractivity contribution in [3.63, 3.8) is 0 Å². The number of nitrogens with one attached hydrogen (secondary N) is 1. The first-order valence-electron chi connectivity index (χ1n) is 7.45. The van der Waals surface area contributed by atoms with Gasteiger partial charge in [0.1, 0.15) is 5.01 Å². The van der Waals surface area contributed by atoms with Crippen molar-refractivity contribution in [3.05, 3.63) is 70.5 Å². The van der Waals surface area contributed by atoms with E-state index in [4.69, 9.17) is 0 Å². The van der Waals surface area contributed by atoms with E-state index in [-0.39, 0.29) is 5.91 Å². The topological polar surface area (TPSA) is 65.8 Å². The molecule has 5 heteroatoms. The van der Waals surface area contributed by atoms with Crippen molar-refractivity contribution in [1.82, 2.24) is 4.98 Å². The molecule has 0 saturated heterocycles. The predicted octanol–water partition coefficient (Wildman–Crippen LogP) is 4.36. The predicted molar refractivity (Wildman–Crippen MR) is 95.7 cm³/mol. The lowest BCUT2D eigenvalue weighted by molar-refractivity contribution is -0.116. The largest absolute Gasteiger partial charge is 0.325 e. The van der Waals surface area contributed by atoms with Crippen molar-refractivity contribution < 1.29 is 4.79 Å². The molecular formula is C19H15N3OS. The number of carbonyl (C=O) groups excluding carboxylic acids is 1. The molecule has 1 atom stereocenters. The molecule has 118 valence electrons. The van der Waals surface area contributed by atoms with Crippen LogP contribution in [-0.2, 0) is 4.79 Å². The lowest BCUT2D eigenvalue weighted by Gasteiger charge is -2.07. The van der Waals surface area contributed by atoms with Gasteiger partial charge in [0.15, 0.2) is 5.92 Å². The molecule has 0 aliphatic heterocycles. The fraction of sp³-hybridized carbons (Fsp3) is 0.105. The van der Waals surface area contributed by atoms with Gasteiger partial charge in [-0.05, 0) is 19.1 Å². The van der Waals surface area contributed by atoms with Crippen molar-refractivity contribution in [2.24, 2.45) is 0 Å². The Morgan fingerprint density at radius 3 is 2.54 bits per heavy atom. The number of aromatic nitrogens is 1. The number of carbonyl (C=O) groups is 1. The van der Waals surface area contributed by atoms with Gasteiger partial charge >= 0.3 is 0 Å². The highest BCUT2D eigenvalue weighted by atomic mass is 32.1. The van der Waals surface area contributed by atoms with Gasteiger partial charge < -0.3 is 5.32 Å². The number of aryl methyl sites for hydroxylation is 1. The molecule has 0 saturated carbocycles. The number of amides is 1. The van der Waals surface area contributed by atoms with Crippen molar-refractivity contribution in [3.8, 4) is 17.3 Å². The van der Waals surface area contributed by atoms with Crippen molar-refractivity contribution in [2.45, 2.75) is 12.8 Å². The van der Waals surface area contributed by atoms with E-state index in [0.29, 0.717) is 10.7 Å². The number of nitrogens with zero attached hydrogens (tertiary/aromatic N) is 2. The third kappa shape index (κ3) is 3.50. The maximum Gasteiger partial charge on any atom is 0.248 e. The van der Waals surface area contributed by atoms with E-state index in [0.717, 1.165) is 11.3 Å². The quantitative estimate of drug-likeness (QED) is 0.771. The smallest absolute Gasteiger partial charge is 0.248 e. The summed E-state index contributed by atoms with van der Waals surface area (Å²) in [7, 11) is 0. The summed E-state index contributed by atoms with van der Waals surface area (Å²) in [4.78, 5) is 16.8. The summed E-state index contributed by atoms with van der Waals surface area (Å²) < 4.78 is 0. The first-order chi connectivity index (χ1) is 11.7. The van der Waals surface area contributed by atoms with Gasteiger partial charge in [-0.25, -0.2) is 4.98 Å². The molecule has 0 fully saturated rings. The van der Waals surface area contributed by atoms with Gasteiger partial charge in [0.05, 0.1) is 11.8 Å². The minimum Gasteiger partial charge on any atom is -0.325 e. The van der Waals surface area contributed by atoms with Gasteiger partial charge in [0, 0.05) is 16.6 Å². The molecular weight excluding hydrogens is 318 g/mol. The van der Waals surface area contributed by atoms with Crippen LogP contribution in [0.2, 0.25) is 0 Å². The van der Waals surface area contributed by atoms with Crippen LogP contribution in [0.4, 0.5) is 5.69 Å². The number of nitriles is 1. The number of hydrogen-bond acceptors (Lipinski definition) is 4. The molecule has 4 nitrogen and oxygen atoms in total. The normalized spacial score (nSPS) is 11.5. The standard InChI is InChI=1S/C19H15N3OS/c1-13-7-9-14(10-8-13)17-12-24-19(22-17)16(11-20)18(23)21-15-5-3-2-4-6-15/h2-10,12,16H,1H3,(H,21,23). The lowest BCUT2D eigenvalue weighted by Crippen LogP contribution is -2.19. The SMILES string of the molecule is Cc1ccc(-c2csc(C(C#N)C(=O)Nc3ccccc3)n2)cc1. The molecule has 0 aliphatic carbocycles. The average molecular weight is 333 g/mol. The van der Waals surface area contributed by atoms with Gasteiger partial charge in [0.25, 0.3) is 0 Å². The number of anilines is 1. The van der Waals surface area contributed by atoms with Crippen LogP contribution >= 0.6 is 11.3 Å². The Morgan fingerprint density at radius 1 is 1.17 bits per heavy atom. The monoisotopic (exact) mass is 333 g/mol. The Kier molecular flexibility index (Phi) is 4.69. The first-order valence-corrected chi connectivity index (χ1v) is 8.33. The molecule has 1 aromatic heterocycles. The average Bonchev–Trinajstić information content (AvgIpc) is 3.07. The number of thiazole rings is 1. The number of hydrogen-bond donors (Lipinski definition) is 1. The number of rotatable bonds is 4. The molecule has 1 unspecified atom stereocenters. The van der Waals surface area contributed by atoms with Crippen molar-refractivity contribution >= 4 is 22.9 Å². The summed E-state index contributed by atoms with van der Waals surface area (Å²) in [5, 5.41) is 14.5. The maximum atomic E-state index is 12.4. The molecule has 0 aliphatic rings. The van der Waals surface area contributed by atoms with E-state index < -0.39 is 5.92 Å². The third-order valence-electron chi connectivity index (χ3n) is 3.55. The second-order valence-corrected chi connectivity index (χ2v) is 6.24. The molecule has 3 aromatic rings. The van der Waals surface area contributed by atoms with Crippen molar-refractivity contribution in [1.29, 1.82) is 5.26 Å². The van der Waals surface area contributed by atoms with E-state index in [2.05, 4.69) is 10.3 Å². The van der Waals surface area contributed by atoms with Crippen LogP contribution in [0.25, 0.3) is 11.3 Å². The summed E-state index contributed by atoms with van der Waals surface area (Å²) in [5.74, 6) is -1.29. The Hall–Kier alpha value is -2.97. The van der Waals surface area contributed by atoms with E-state index >= 15 is 0 Å². The molecule has 0 spiro atoms. The van der Waals surface area contributed by atoms with E-state index in [1.54, 1.807) is 12.1 Å². The van der Waals surface area contributed by atoms with Gasteiger partial charge in [-0.15, -0.1) is 11.3 Å². The van der Waals surface area contributed by atoms with Crippen LogP contribution in [-0.4, -0.2) is 10.9 Å². The highest BCUT2D eigenvalue weighted by Crippen LogP contribution is 2.27. The zero-order chi connectivity index (χ0) is 16.9. The van der Waals surface area contributed by atoms with Gasteiger partial charge in [-0.1, -0.05) is 48.0 Å². The lowest BCUT2D eigenvalue weighted by atomic mass is 10.1. The highest BCUT2D eigenvalue weighted by molar-refractivity contribution is 7.10. The summed E-state index contributed by atoms with van der Waals surface area (Å²) >= 11 is 1.33. The van der Waals surface area contributed by atoms with E-state index in [1.165, 1.54) is 16.9 Å². The van der Waals surface area contributed by atoms with Gasteiger partial charge in [-0.3, -0.25) is 4.79 Å².